The van der Waals surface area contributed by atoms with E-state index in [1.807, 2.05) is 0 Å². The Labute approximate surface area is 177 Å². The molecule has 1 aromatic heterocycles. The topological polar surface area (TPSA) is 67.4 Å². The summed E-state index contributed by atoms with van der Waals surface area (Å²) >= 11 is 1.80. The Kier molecular flexibility index (Phi) is 13.2. The number of rotatable bonds is 10. The third-order valence-electron chi connectivity index (χ3n) is 4.02. The molecule has 0 spiro atoms. The van der Waals surface area contributed by atoms with Gasteiger partial charge in [-0.25, -0.2) is 0 Å². The van der Waals surface area contributed by atoms with Crippen LogP contribution in [-0.2, 0) is 14.2 Å². The van der Waals surface area contributed by atoms with Gasteiger partial charge in [0.1, 0.15) is 0 Å². The van der Waals surface area contributed by atoms with Gasteiger partial charge in [0, 0.05) is 45.2 Å². The van der Waals surface area contributed by atoms with Gasteiger partial charge in [-0.1, -0.05) is 6.07 Å². The Morgan fingerprint density at radius 2 is 2.12 bits per heavy atom. The number of hydrogen-bond donors (Lipinski definition) is 2. The molecule has 150 valence electrons. The third kappa shape index (κ3) is 8.49. The molecule has 0 amide bonds. The Morgan fingerprint density at radius 1 is 1.31 bits per heavy atom. The second kappa shape index (κ2) is 14.6. The van der Waals surface area contributed by atoms with Crippen LogP contribution < -0.4 is 10.6 Å². The summed E-state index contributed by atoms with van der Waals surface area (Å²) in [6.07, 6.45) is 0. The second-order valence-electron chi connectivity index (χ2n) is 5.66. The normalized spacial score (nSPS) is 16.8. The number of nitrogens with one attached hydrogen (secondary N) is 2. The minimum absolute atomic E-state index is 0. The van der Waals surface area contributed by atoms with Gasteiger partial charge in [0.2, 0.25) is 0 Å². The van der Waals surface area contributed by atoms with E-state index in [9.17, 15) is 0 Å². The summed E-state index contributed by atoms with van der Waals surface area (Å²) in [5, 5.41) is 8.86. The molecule has 1 atom stereocenters. The van der Waals surface area contributed by atoms with Gasteiger partial charge in [-0.15, -0.1) is 35.3 Å². The van der Waals surface area contributed by atoms with Crippen molar-refractivity contribution in [3.8, 4) is 0 Å². The van der Waals surface area contributed by atoms with Crippen molar-refractivity contribution in [1.82, 2.24) is 15.5 Å². The molecule has 1 fully saturated rings. The molecule has 1 aromatic rings. The number of thiophene rings is 1. The smallest absolute Gasteiger partial charge is 0.191 e. The van der Waals surface area contributed by atoms with Crippen molar-refractivity contribution in [3.05, 3.63) is 22.4 Å². The molecule has 1 aliphatic rings. The van der Waals surface area contributed by atoms with Gasteiger partial charge < -0.3 is 24.8 Å². The van der Waals surface area contributed by atoms with Crippen molar-refractivity contribution < 1.29 is 14.2 Å². The lowest BCUT2D eigenvalue weighted by Crippen LogP contribution is -2.46. The Morgan fingerprint density at radius 3 is 2.77 bits per heavy atom. The summed E-state index contributed by atoms with van der Waals surface area (Å²) in [6.45, 7) is 6.91. The average molecular weight is 498 g/mol. The van der Waals surface area contributed by atoms with Crippen LogP contribution in [0, 0.1) is 0 Å². The molecule has 1 saturated heterocycles. The third-order valence-corrected chi connectivity index (χ3v) is 4.99. The van der Waals surface area contributed by atoms with E-state index in [2.05, 4.69) is 38.0 Å². The van der Waals surface area contributed by atoms with Crippen molar-refractivity contribution in [2.24, 2.45) is 4.99 Å². The number of methoxy groups -OCH3 is 1. The van der Waals surface area contributed by atoms with Crippen LogP contribution in [0.4, 0.5) is 0 Å². The van der Waals surface area contributed by atoms with Crippen molar-refractivity contribution in [2.75, 3.05) is 73.4 Å². The zero-order valence-electron chi connectivity index (χ0n) is 15.6. The van der Waals surface area contributed by atoms with Crippen LogP contribution >= 0.6 is 35.3 Å². The first-order valence-corrected chi connectivity index (χ1v) is 9.59. The number of guanidine groups is 1. The molecule has 0 radical (unpaired) electrons. The summed E-state index contributed by atoms with van der Waals surface area (Å²) in [6, 6.07) is 4.64. The van der Waals surface area contributed by atoms with E-state index >= 15 is 0 Å². The number of nitrogens with zero attached hydrogens (tertiary/aromatic N) is 2. The Bertz CT molecular complexity index is 484. The highest BCUT2D eigenvalue weighted by atomic mass is 127. The molecular weight excluding hydrogens is 467 g/mol. The van der Waals surface area contributed by atoms with Gasteiger partial charge in [-0.3, -0.25) is 9.89 Å². The highest BCUT2D eigenvalue weighted by Gasteiger charge is 2.23. The van der Waals surface area contributed by atoms with Crippen LogP contribution in [0.3, 0.4) is 0 Å². The molecule has 2 N–H and O–H groups in total. The zero-order valence-corrected chi connectivity index (χ0v) is 18.8. The van der Waals surface area contributed by atoms with Crippen LogP contribution in [0.5, 0.6) is 0 Å². The van der Waals surface area contributed by atoms with Crippen molar-refractivity contribution in [3.63, 3.8) is 0 Å². The van der Waals surface area contributed by atoms with Crippen LogP contribution in [0.15, 0.2) is 22.5 Å². The molecule has 2 rings (SSSR count). The van der Waals surface area contributed by atoms with Gasteiger partial charge in [-0.05, 0) is 11.4 Å². The van der Waals surface area contributed by atoms with E-state index in [1.54, 1.807) is 25.5 Å². The molecule has 0 aromatic carbocycles. The maximum atomic E-state index is 5.49. The van der Waals surface area contributed by atoms with E-state index < -0.39 is 0 Å². The van der Waals surface area contributed by atoms with Crippen molar-refractivity contribution >= 4 is 41.3 Å². The minimum Gasteiger partial charge on any atom is -0.382 e. The Hall–Kier alpha value is -0.460. The van der Waals surface area contributed by atoms with Crippen molar-refractivity contribution in [2.45, 2.75) is 6.04 Å². The van der Waals surface area contributed by atoms with Crippen LogP contribution in [0.2, 0.25) is 0 Å². The Balaban J connectivity index is 0.00000338. The van der Waals surface area contributed by atoms with Crippen molar-refractivity contribution in [1.29, 1.82) is 0 Å². The quantitative estimate of drug-likeness (QED) is 0.221. The summed E-state index contributed by atoms with van der Waals surface area (Å²) in [5.41, 5.74) is 0. The van der Waals surface area contributed by atoms with E-state index in [1.165, 1.54) is 4.88 Å². The fourth-order valence-corrected chi connectivity index (χ4v) is 3.54. The molecule has 0 saturated carbocycles. The fourth-order valence-electron chi connectivity index (χ4n) is 2.68. The maximum Gasteiger partial charge on any atom is 0.191 e. The van der Waals surface area contributed by atoms with Crippen LogP contribution in [0.25, 0.3) is 0 Å². The summed E-state index contributed by atoms with van der Waals surface area (Å²) in [7, 11) is 3.46. The highest BCUT2D eigenvalue weighted by molar-refractivity contribution is 14.0. The lowest BCUT2D eigenvalue weighted by atomic mass is 10.2. The molecule has 0 bridgehead atoms. The molecule has 2 heterocycles. The summed E-state index contributed by atoms with van der Waals surface area (Å²) < 4.78 is 15.9. The summed E-state index contributed by atoms with van der Waals surface area (Å²) in [5.74, 6) is 0.796. The average Bonchev–Trinajstić information content (AvgIpc) is 3.18. The highest BCUT2D eigenvalue weighted by Crippen LogP contribution is 2.25. The number of morpholine rings is 1. The number of hydrogen-bond acceptors (Lipinski definition) is 6. The minimum atomic E-state index is 0. The first kappa shape index (κ1) is 23.6. The zero-order chi connectivity index (χ0) is 17.7. The van der Waals surface area contributed by atoms with E-state index in [0.29, 0.717) is 32.4 Å². The van der Waals surface area contributed by atoms with Gasteiger partial charge >= 0.3 is 0 Å². The van der Waals surface area contributed by atoms with E-state index in [-0.39, 0.29) is 24.0 Å². The van der Waals surface area contributed by atoms with E-state index in [4.69, 9.17) is 14.2 Å². The predicted molar refractivity (Wildman–Crippen MR) is 117 cm³/mol. The molecule has 7 nitrogen and oxygen atoms in total. The van der Waals surface area contributed by atoms with Gasteiger partial charge in [0.15, 0.2) is 5.96 Å². The monoisotopic (exact) mass is 498 g/mol. The molecule has 26 heavy (non-hydrogen) atoms. The number of ether oxygens (including phenoxy) is 3. The second-order valence-corrected chi connectivity index (χ2v) is 6.64. The largest absolute Gasteiger partial charge is 0.382 e. The molecule has 1 unspecified atom stereocenters. The number of aliphatic imine (C=N–C) groups is 1. The van der Waals surface area contributed by atoms with Crippen LogP contribution in [0.1, 0.15) is 10.9 Å². The summed E-state index contributed by atoms with van der Waals surface area (Å²) in [4.78, 5) is 8.14. The van der Waals surface area contributed by atoms with Gasteiger partial charge in [0.25, 0.3) is 0 Å². The molecular formula is C17H31IN4O3S. The predicted octanol–water partition coefficient (Wildman–Crippen LogP) is 1.57. The SMILES string of the molecule is CN=C(NCCOCCOC)NCC(c1cccs1)N1CCOCC1.I. The lowest BCUT2D eigenvalue weighted by Gasteiger charge is -2.34. The number of halogens is 1. The van der Waals surface area contributed by atoms with Gasteiger partial charge in [0.05, 0.1) is 39.1 Å². The first-order chi connectivity index (χ1) is 12.3. The first-order valence-electron chi connectivity index (χ1n) is 8.71. The molecule has 0 aliphatic carbocycles. The fraction of sp³-hybridized carbons (Fsp3) is 0.706. The standard InChI is InChI=1S/C17H30N4O3S.HI/c1-18-17(19-5-8-23-12-11-22-2)20-14-15(16-4-3-13-25-16)21-6-9-24-10-7-21;/h3-4,13,15H,5-12,14H2,1-2H3,(H2,18,19,20);1H. The molecule has 1 aliphatic heterocycles. The molecule has 9 heteroatoms. The maximum absolute atomic E-state index is 5.49. The van der Waals surface area contributed by atoms with Crippen LogP contribution in [-0.4, -0.2) is 84.2 Å². The van der Waals surface area contributed by atoms with Gasteiger partial charge in [-0.2, -0.15) is 0 Å². The lowest BCUT2D eigenvalue weighted by molar-refractivity contribution is 0.0177. The van der Waals surface area contributed by atoms with E-state index in [0.717, 1.165) is 38.8 Å².